The van der Waals surface area contributed by atoms with Crippen molar-refractivity contribution in [1.82, 2.24) is 10.3 Å². The summed E-state index contributed by atoms with van der Waals surface area (Å²) >= 11 is 0. The number of rotatable bonds is 4. The van der Waals surface area contributed by atoms with Gasteiger partial charge in [-0.25, -0.2) is 4.39 Å². The Morgan fingerprint density at radius 3 is 2.84 bits per heavy atom. The second-order valence-corrected chi connectivity index (χ2v) is 5.24. The quantitative estimate of drug-likeness (QED) is 0.906. The first-order chi connectivity index (χ1) is 9.22. The van der Waals surface area contributed by atoms with Gasteiger partial charge in [0.05, 0.1) is 11.8 Å². The van der Waals surface area contributed by atoms with Gasteiger partial charge in [0, 0.05) is 12.2 Å². The Balaban J connectivity index is 2.01. The van der Waals surface area contributed by atoms with Gasteiger partial charge >= 0.3 is 0 Å². The molecular weight excluding hydrogens is 243 g/mol. The number of pyridine rings is 1. The van der Waals surface area contributed by atoms with Gasteiger partial charge < -0.3 is 5.32 Å². The first kappa shape index (κ1) is 14.0. The number of hydrogen-bond donors (Lipinski definition) is 1. The molecule has 19 heavy (non-hydrogen) atoms. The summed E-state index contributed by atoms with van der Waals surface area (Å²) in [6.07, 6.45) is 9.51. The Bertz CT molecular complexity index is 430. The fourth-order valence-electron chi connectivity index (χ4n) is 2.90. The van der Waals surface area contributed by atoms with Crippen molar-refractivity contribution in [2.24, 2.45) is 5.92 Å². The van der Waals surface area contributed by atoms with Crippen molar-refractivity contribution in [2.75, 3.05) is 0 Å². The maximum absolute atomic E-state index is 13.5. The van der Waals surface area contributed by atoms with E-state index in [1.54, 1.807) is 0 Å². The lowest BCUT2D eigenvalue weighted by Crippen LogP contribution is -2.41. The molecule has 1 aromatic rings. The van der Waals surface area contributed by atoms with Crippen LogP contribution in [0.3, 0.4) is 0 Å². The highest BCUT2D eigenvalue weighted by molar-refractivity contribution is 5.94. The summed E-state index contributed by atoms with van der Waals surface area (Å²) in [5, 5.41) is 2.99. The Morgan fingerprint density at radius 2 is 2.21 bits per heavy atom. The molecule has 1 amide bonds. The molecule has 1 unspecified atom stereocenters. The average molecular weight is 264 g/mol. The molecule has 2 rings (SSSR count). The highest BCUT2D eigenvalue weighted by atomic mass is 19.1. The number of carbonyl (C=O) groups is 1. The average Bonchev–Trinajstić information content (AvgIpc) is 2.46. The molecule has 104 valence electrons. The standard InChI is InChI=1S/C15H21FN2O/c1-2-14(11-6-4-3-5-7-11)18-15(19)12-8-9-17-10-13(12)16/h8-11,14H,2-7H2,1H3,(H,18,19). The first-order valence-electron chi connectivity index (χ1n) is 7.12. The zero-order valence-electron chi connectivity index (χ0n) is 11.4. The molecule has 0 aromatic carbocycles. The summed E-state index contributed by atoms with van der Waals surface area (Å²) in [5.41, 5.74) is 0.0873. The topological polar surface area (TPSA) is 42.0 Å². The zero-order chi connectivity index (χ0) is 13.7. The van der Waals surface area contributed by atoms with Crippen molar-refractivity contribution in [3.05, 3.63) is 29.8 Å². The highest BCUT2D eigenvalue weighted by Gasteiger charge is 2.24. The van der Waals surface area contributed by atoms with Crippen LogP contribution in [-0.2, 0) is 0 Å². The first-order valence-corrected chi connectivity index (χ1v) is 7.12. The molecule has 0 bridgehead atoms. The second-order valence-electron chi connectivity index (χ2n) is 5.24. The molecule has 1 atom stereocenters. The monoisotopic (exact) mass is 264 g/mol. The van der Waals surface area contributed by atoms with Gasteiger partial charge in [-0.2, -0.15) is 0 Å². The van der Waals surface area contributed by atoms with Crippen LogP contribution in [0.25, 0.3) is 0 Å². The fourth-order valence-corrected chi connectivity index (χ4v) is 2.90. The third kappa shape index (κ3) is 3.52. The molecule has 1 heterocycles. The molecule has 1 aromatic heterocycles. The minimum absolute atomic E-state index is 0.0873. The number of amides is 1. The van der Waals surface area contributed by atoms with E-state index in [4.69, 9.17) is 0 Å². The van der Waals surface area contributed by atoms with Crippen LogP contribution < -0.4 is 5.32 Å². The SMILES string of the molecule is CCC(NC(=O)c1ccncc1F)C1CCCCC1. The minimum atomic E-state index is -0.557. The molecule has 0 spiro atoms. The molecule has 1 N–H and O–H groups in total. The molecule has 1 fully saturated rings. The Kier molecular flexibility index (Phi) is 4.88. The van der Waals surface area contributed by atoms with Gasteiger partial charge in [0.2, 0.25) is 0 Å². The molecule has 0 radical (unpaired) electrons. The Morgan fingerprint density at radius 1 is 1.47 bits per heavy atom. The van der Waals surface area contributed by atoms with Crippen LogP contribution in [0.1, 0.15) is 55.8 Å². The zero-order valence-corrected chi connectivity index (χ0v) is 11.4. The van der Waals surface area contributed by atoms with Gasteiger partial charge in [0.1, 0.15) is 0 Å². The lowest BCUT2D eigenvalue weighted by Gasteiger charge is -2.30. The maximum atomic E-state index is 13.5. The van der Waals surface area contributed by atoms with Crippen LogP contribution >= 0.6 is 0 Å². The molecule has 1 aliphatic carbocycles. The molecule has 0 aliphatic heterocycles. The lowest BCUT2D eigenvalue weighted by molar-refractivity contribution is 0.0907. The third-order valence-electron chi connectivity index (χ3n) is 3.99. The normalized spacial score (nSPS) is 18.0. The maximum Gasteiger partial charge on any atom is 0.254 e. The predicted molar refractivity (Wildman–Crippen MR) is 72.3 cm³/mol. The Hall–Kier alpha value is -1.45. The Labute approximate surface area is 113 Å². The fraction of sp³-hybridized carbons (Fsp3) is 0.600. The van der Waals surface area contributed by atoms with Gasteiger partial charge in [-0.1, -0.05) is 26.2 Å². The summed E-state index contributed by atoms with van der Waals surface area (Å²) in [5.74, 6) is -0.344. The summed E-state index contributed by atoms with van der Waals surface area (Å²) in [7, 11) is 0. The van der Waals surface area contributed by atoms with Crippen LogP contribution in [0.15, 0.2) is 18.5 Å². The van der Waals surface area contributed by atoms with E-state index in [1.807, 2.05) is 0 Å². The van der Waals surface area contributed by atoms with E-state index in [2.05, 4.69) is 17.2 Å². The van der Waals surface area contributed by atoms with E-state index in [-0.39, 0.29) is 17.5 Å². The summed E-state index contributed by atoms with van der Waals surface area (Å²) in [4.78, 5) is 15.8. The molecule has 4 heteroatoms. The van der Waals surface area contributed by atoms with E-state index in [9.17, 15) is 9.18 Å². The van der Waals surface area contributed by atoms with E-state index in [0.29, 0.717) is 5.92 Å². The number of nitrogens with zero attached hydrogens (tertiary/aromatic N) is 1. The third-order valence-corrected chi connectivity index (χ3v) is 3.99. The van der Waals surface area contributed by atoms with Crippen LogP contribution in [0.5, 0.6) is 0 Å². The van der Waals surface area contributed by atoms with Crippen molar-refractivity contribution in [3.63, 3.8) is 0 Å². The van der Waals surface area contributed by atoms with Crippen LogP contribution in [0.2, 0.25) is 0 Å². The van der Waals surface area contributed by atoms with Gasteiger partial charge in [-0.3, -0.25) is 9.78 Å². The van der Waals surface area contributed by atoms with Crippen molar-refractivity contribution < 1.29 is 9.18 Å². The van der Waals surface area contributed by atoms with E-state index >= 15 is 0 Å². The van der Waals surface area contributed by atoms with Gasteiger partial charge in [-0.05, 0) is 31.2 Å². The van der Waals surface area contributed by atoms with E-state index in [1.165, 1.54) is 31.5 Å². The van der Waals surface area contributed by atoms with Gasteiger partial charge in [0.25, 0.3) is 5.91 Å². The lowest BCUT2D eigenvalue weighted by atomic mass is 9.83. The van der Waals surface area contributed by atoms with Crippen molar-refractivity contribution in [2.45, 2.75) is 51.5 Å². The van der Waals surface area contributed by atoms with Crippen LogP contribution in [-0.4, -0.2) is 16.9 Å². The van der Waals surface area contributed by atoms with Gasteiger partial charge in [-0.15, -0.1) is 0 Å². The molecule has 1 aliphatic rings. The number of nitrogens with one attached hydrogen (secondary N) is 1. The summed E-state index contributed by atoms with van der Waals surface area (Å²) < 4.78 is 13.5. The number of aromatic nitrogens is 1. The van der Waals surface area contributed by atoms with Crippen molar-refractivity contribution >= 4 is 5.91 Å². The molecule has 3 nitrogen and oxygen atoms in total. The minimum Gasteiger partial charge on any atom is -0.349 e. The van der Waals surface area contributed by atoms with Crippen molar-refractivity contribution in [3.8, 4) is 0 Å². The smallest absolute Gasteiger partial charge is 0.254 e. The second kappa shape index (κ2) is 6.64. The van der Waals surface area contributed by atoms with E-state index in [0.717, 1.165) is 25.5 Å². The number of carbonyl (C=O) groups excluding carboxylic acids is 1. The summed E-state index contributed by atoms with van der Waals surface area (Å²) in [6, 6.07) is 1.58. The van der Waals surface area contributed by atoms with Crippen molar-refractivity contribution in [1.29, 1.82) is 0 Å². The molecule has 0 saturated heterocycles. The number of hydrogen-bond acceptors (Lipinski definition) is 2. The van der Waals surface area contributed by atoms with Crippen LogP contribution in [0, 0.1) is 11.7 Å². The van der Waals surface area contributed by atoms with Crippen LogP contribution in [0.4, 0.5) is 4.39 Å². The highest BCUT2D eigenvalue weighted by Crippen LogP contribution is 2.27. The van der Waals surface area contributed by atoms with Gasteiger partial charge in [0.15, 0.2) is 5.82 Å². The summed E-state index contributed by atoms with van der Waals surface area (Å²) in [6.45, 7) is 2.07. The van der Waals surface area contributed by atoms with E-state index < -0.39 is 5.82 Å². The number of halogens is 1. The molecule has 1 saturated carbocycles. The molecular formula is C15H21FN2O. The predicted octanol–water partition coefficient (Wildman–Crippen LogP) is 3.31. The largest absolute Gasteiger partial charge is 0.349 e.